The van der Waals surface area contributed by atoms with E-state index in [1.165, 1.54) is 3.57 Å². The molecule has 76 valence electrons. The van der Waals surface area contributed by atoms with Crippen LogP contribution < -0.4 is 0 Å². The number of rotatable bonds is 2. The summed E-state index contributed by atoms with van der Waals surface area (Å²) in [6.45, 7) is 0. The van der Waals surface area contributed by atoms with Gasteiger partial charge in [-0.2, -0.15) is 0 Å². The highest BCUT2D eigenvalue weighted by Gasteiger charge is 2.09. The molecular formula is C13H10ClI. The summed E-state index contributed by atoms with van der Waals surface area (Å²) in [7, 11) is 0. The SMILES string of the molecule is ClC(c1ccccc1)c1ccc(I)cc1. The molecule has 0 radical (unpaired) electrons. The Hall–Kier alpha value is -0.540. The highest BCUT2D eigenvalue weighted by molar-refractivity contribution is 14.1. The predicted octanol–water partition coefficient (Wildman–Crippen LogP) is 4.62. The van der Waals surface area contributed by atoms with Gasteiger partial charge in [-0.3, -0.25) is 0 Å². The zero-order valence-corrected chi connectivity index (χ0v) is 10.9. The van der Waals surface area contributed by atoms with Gasteiger partial charge >= 0.3 is 0 Å². The average molecular weight is 329 g/mol. The van der Waals surface area contributed by atoms with Crippen molar-refractivity contribution in [1.82, 2.24) is 0 Å². The van der Waals surface area contributed by atoms with Crippen molar-refractivity contribution in [2.24, 2.45) is 0 Å². The second kappa shape index (κ2) is 4.99. The van der Waals surface area contributed by atoms with Crippen molar-refractivity contribution in [2.45, 2.75) is 5.38 Å². The predicted molar refractivity (Wildman–Crippen MR) is 73.3 cm³/mol. The Kier molecular flexibility index (Phi) is 3.65. The van der Waals surface area contributed by atoms with Crippen LogP contribution in [0.25, 0.3) is 0 Å². The van der Waals surface area contributed by atoms with Crippen molar-refractivity contribution >= 4 is 34.2 Å². The van der Waals surface area contributed by atoms with Gasteiger partial charge in [-0.15, -0.1) is 11.6 Å². The lowest BCUT2D eigenvalue weighted by Crippen LogP contribution is -1.92. The Morgan fingerprint density at radius 3 is 1.93 bits per heavy atom. The molecule has 2 heteroatoms. The fourth-order valence-corrected chi connectivity index (χ4v) is 2.10. The summed E-state index contributed by atoms with van der Waals surface area (Å²) in [6.07, 6.45) is 0. The minimum atomic E-state index is -0.0526. The fraction of sp³-hybridized carbons (Fsp3) is 0.0769. The molecule has 2 rings (SSSR count). The molecule has 1 atom stereocenters. The first kappa shape index (κ1) is 11.0. The van der Waals surface area contributed by atoms with Gasteiger partial charge in [0.05, 0.1) is 5.38 Å². The van der Waals surface area contributed by atoms with Gasteiger partial charge in [0.25, 0.3) is 0 Å². The van der Waals surface area contributed by atoms with Crippen molar-refractivity contribution in [3.8, 4) is 0 Å². The second-order valence-electron chi connectivity index (χ2n) is 3.32. The number of alkyl halides is 1. The molecule has 0 N–H and O–H groups in total. The van der Waals surface area contributed by atoms with Crippen molar-refractivity contribution in [3.05, 3.63) is 69.3 Å². The van der Waals surface area contributed by atoms with Crippen molar-refractivity contribution in [2.75, 3.05) is 0 Å². The van der Waals surface area contributed by atoms with Crippen LogP contribution in [0.2, 0.25) is 0 Å². The molecule has 2 aromatic rings. The molecule has 2 aromatic carbocycles. The molecule has 0 aliphatic rings. The van der Waals surface area contributed by atoms with Gasteiger partial charge in [0.15, 0.2) is 0 Å². The van der Waals surface area contributed by atoms with Crippen LogP contribution in [-0.2, 0) is 0 Å². The highest BCUT2D eigenvalue weighted by atomic mass is 127. The van der Waals surface area contributed by atoms with E-state index in [4.69, 9.17) is 11.6 Å². The van der Waals surface area contributed by atoms with Gasteiger partial charge in [-0.25, -0.2) is 0 Å². The van der Waals surface area contributed by atoms with Gasteiger partial charge in [-0.1, -0.05) is 42.5 Å². The zero-order chi connectivity index (χ0) is 10.7. The Balaban J connectivity index is 2.29. The maximum Gasteiger partial charge on any atom is 0.0835 e. The van der Waals surface area contributed by atoms with E-state index in [0.717, 1.165) is 11.1 Å². The maximum atomic E-state index is 6.38. The van der Waals surface area contributed by atoms with Crippen LogP contribution in [0.4, 0.5) is 0 Å². The summed E-state index contributed by atoms with van der Waals surface area (Å²) in [5, 5.41) is -0.0526. The van der Waals surface area contributed by atoms with Crippen LogP contribution in [-0.4, -0.2) is 0 Å². The number of hydrogen-bond acceptors (Lipinski definition) is 0. The lowest BCUT2D eigenvalue weighted by molar-refractivity contribution is 1.14. The number of halogens is 2. The Morgan fingerprint density at radius 1 is 0.800 bits per heavy atom. The summed E-state index contributed by atoms with van der Waals surface area (Å²) >= 11 is 8.67. The quantitative estimate of drug-likeness (QED) is 0.557. The first-order valence-electron chi connectivity index (χ1n) is 4.72. The number of benzene rings is 2. The van der Waals surface area contributed by atoms with E-state index in [1.807, 2.05) is 18.2 Å². The second-order valence-corrected chi connectivity index (χ2v) is 5.01. The van der Waals surface area contributed by atoms with Gasteiger partial charge in [-0.05, 0) is 45.9 Å². The molecular weight excluding hydrogens is 318 g/mol. The van der Waals surface area contributed by atoms with Crippen LogP contribution in [0.1, 0.15) is 16.5 Å². The van der Waals surface area contributed by atoms with E-state index in [-0.39, 0.29) is 5.38 Å². The Morgan fingerprint density at radius 2 is 1.33 bits per heavy atom. The molecule has 0 aromatic heterocycles. The van der Waals surface area contributed by atoms with E-state index in [0.29, 0.717) is 0 Å². The van der Waals surface area contributed by atoms with E-state index < -0.39 is 0 Å². The minimum Gasteiger partial charge on any atom is -0.113 e. The standard InChI is InChI=1S/C13H10ClI/c14-13(10-4-2-1-3-5-10)11-6-8-12(15)9-7-11/h1-9,13H. The van der Waals surface area contributed by atoms with Crippen LogP contribution in [0.15, 0.2) is 54.6 Å². The van der Waals surface area contributed by atoms with E-state index >= 15 is 0 Å². The fourth-order valence-electron chi connectivity index (χ4n) is 1.45. The maximum absolute atomic E-state index is 6.38. The third kappa shape index (κ3) is 2.73. The van der Waals surface area contributed by atoms with Crippen LogP contribution in [0.3, 0.4) is 0 Å². The molecule has 1 unspecified atom stereocenters. The molecule has 0 nitrogen and oxygen atoms in total. The molecule has 0 heterocycles. The molecule has 0 saturated heterocycles. The van der Waals surface area contributed by atoms with Crippen molar-refractivity contribution in [1.29, 1.82) is 0 Å². The summed E-state index contributed by atoms with van der Waals surface area (Å²) in [6, 6.07) is 18.4. The molecule has 0 saturated carbocycles. The van der Waals surface area contributed by atoms with E-state index in [1.54, 1.807) is 0 Å². The first-order chi connectivity index (χ1) is 7.27. The van der Waals surface area contributed by atoms with Gasteiger partial charge in [0.1, 0.15) is 0 Å². The normalized spacial score (nSPS) is 12.4. The van der Waals surface area contributed by atoms with Crippen LogP contribution >= 0.6 is 34.2 Å². The van der Waals surface area contributed by atoms with Gasteiger partial charge in [0, 0.05) is 3.57 Å². The molecule has 0 spiro atoms. The lowest BCUT2D eigenvalue weighted by atomic mass is 10.0. The third-order valence-corrected chi connectivity index (χ3v) is 3.48. The molecule has 0 bridgehead atoms. The highest BCUT2D eigenvalue weighted by Crippen LogP contribution is 2.28. The minimum absolute atomic E-state index is 0.0526. The Labute approximate surface area is 108 Å². The zero-order valence-electron chi connectivity index (χ0n) is 8.03. The first-order valence-corrected chi connectivity index (χ1v) is 6.23. The summed E-state index contributed by atoms with van der Waals surface area (Å²) in [5.74, 6) is 0. The van der Waals surface area contributed by atoms with Gasteiger partial charge in [0.2, 0.25) is 0 Å². The Bertz CT molecular complexity index is 422. The topological polar surface area (TPSA) is 0 Å². The lowest BCUT2D eigenvalue weighted by Gasteiger charge is -2.09. The monoisotopic (exact) mass is 328 g/mol. The smallest absolute Gasteiger partial charge is 0.0835 e. The summed E-state index contributed by atoms with van der Waals surface area (Å²) < 4.78 is 1.23. The van der Waals surface area contributed by atoms with Gasteiger partial charge < -0.3 is 0 Å². The molecule has 15 heavy (non-hydrogen) atoms. The van der Waals surface area contributed by atoms with E-state index in [2.05, 4.69) is 59.0 Å². The third-order valence-electron chi connectivity index (χ3n) is 2.25. The van der Waals surface area contributed by atoms with E-state index in [9.17, 15) is 0 Å². The average Bonchev–Trinajstić information content (AvgIpc) is 2.30. The largest absolute Gasteiger partial charge is 0.113 e. The van der Waals surface area contributed by atoms with Crippen LogP contribution in [0.5, 0.6) is 0 Å². The molecule has 0 fully saturated rings. The summed E-state index contributed by atoms with van der Waals surface area (Å²) in [4.78, 5) is 0. The van der Waals surface area contributed by atoms with Crippen molar-refractivity contribution < 1.29 is 0 Å². The molecule has 0 aliphatic carbocycles. The summed E-state index contributed by atoms with van der Waals surface area (Å²) in [5.41, 5.74) is 2.28. The molecule has 0 aliphatic heterocycles. The number of hydrogen-bond donors (Lipinski definition) is 0. The van der Waals surface area contributed by atoms with Crippen molar-refractivity contribution in [3.63, 3.8) is 0 Å². The molecule has 0 amide bonds. The van der Waals surface area contributed by atoms with Crippen LogP contribution in [0, 0.1) is 3.57 Å².